The Bertz CT molecular complexity index is 3690. The highest BCUT2D eigenvalue weighted by molar-refractivity contribution is 6.27. The van der Waals surface area contributed by atoms with Gasteiger partial charge in [0.1, 0.15) is 0 Å². The van der Waals surface area contributed by atoms with Crippen LogP contribution in [0.25, 0.3) is 98.0 Å². The Morgan fingerprint density at radius 2 is 0.697 bits per heavy atom. The number of benzene rings is 10. The fourth-order valence-electron chi connectivity index (χ4n) is 18.5. The summed E-state index contributed by atoms with van der Waals surface area (Å²) in [6.07, 6.45) is 16.0. The van der Waals surface area contributed by atoms with Gasteiger partial charge in [-0.15, -0.1) is 0 Å². The van der Waals surface area contributed by atoms with E-state index in [0.29, 0.717) is 10.8 Å². The molecule has 8 bridgehead atoms. The Labute approximate surface area is 388 Å². The largest absolute Gasteiger partial charge is 0.0537 e. The molecule has 0 amide bonds. The Hall–Kier alpha value is -5.72. The molecular weight excluding hydrogens is 793 g/mol. The Morgan fingerprint density at radius 3 is 1.14 bits per heavy atom. The van der Waals surface area contributed by atoms with Crippen molar-refractivity contribution >= 4 is 64.6 Å². The van der Waals surface area contributed by atoms with Crippen LogP contribution in [-0.4, -0.2) is 0 Å². The van der Waals surface area contributed by atoms with E-state index >= 15 is 0 Å². The lowest BCUT2D eigenvalue weighted by molar-refractivity contribution is -0.00508. The van der Waals surface area contributed by atoms with Crippen molar-refractivity contribution in [3.8, 4) is 33.4 Å². The van der Waals surface area contributed by atoms with Crippen LogP contribution in [0, 0.1) is 35.5 Å². The van der Waals surface area contributed by atoms with E-state index in [1.807, 2.05) is 0 Å². The van der Waals surface area contributed by atoms with Crippen molar-refractivity contribution in [1.29, 1.82) is 0 Å². The first-order valence-corrected chi connectivity index (χ1v) is 26.0. The molecule has 0 saturated heterocycles. The molecule has 9 aliphatic carbocycles. The topological polar surface area (TPSA) is 0 Å². The van der Waals surface area contributed by atoms with Crippen molar-refractivity contribution in [3.05, 3.63) is 156 Å². The zero-order valence-corrected chi connectivity index (χ0v) is 38.4. The third-order valence-corrected chi connectivity index (χ3v) is 20.7. The lowest BCUT2D eigenvalue weighted by Gasteiger charge is -2.57. The van der Waals surface area contributed by atoms with E-state index in [4.69, 9.17) is 0 Å². The second-order valence-corrected chi connectivity index (χ2v) is 24.5. The van der Waals surface area contributed by atoms with Crippen molar-refractivity contribution in [1.82, 2.24) is 0 Å². The molecule has 10 aromatic rings. The van der Waals surface area contributed by atoms with Gasteiger partial charge in [0.15, 0.2) is 0 Å². The minimum absolute atomic E-state index is 0.132. The molecule has 0 radical (unpaired) electrons. The van der Waals surface area contributed by atoms with Crippen molar-refractivity contribution in [2.24, 2.45) is 35.5 Å². The molecule has 0 aliphatic heterocycles. The molecule has 4 atom stereocenters. The summed E-state index contributed by atoms with van der Waals surface area (Å²) in [5.74, 6) is 5.78. The molecule has 66 heavy (non-hydrogen) atoms. The van der Waals surface area contributed by atoms with E-state index in [0.717, 1.165) is 35.5 Å². The summed E-state index contributed by atoms with van der Waals surface area (Å²) >= 11 is 0. The SMILES string of the molecule is CC1(C)c2cc(-c3ccc4ccc5cc(C67CC8CC(CC(C8)C6)C7)cc6ccc3c4c56)ccc2-c2ccc(-c3ccc4ccc5cc(C67CC8CC(C6)[C@H](C8)C7)cc6ccc3c4c56)cc21. The van der Waals surface area contributed by atoms with Gasteiger partial charge in [0.05, 0.1) is 0 Å². The van der Waals surface area contributed by atoms with E-state index in [-0.39, 0.29) is 5.41 Å². The van der Waals surface area contributed by atoms with Crippen LogP contribution in [0.1, 0.15) is 107 Å². The molecule has 0 heterocycles. The molecule has 0 heteroatoms. The zero-order chi connectivity index (χ0) is 43.0. The number of fused-ring (bicyclic) bond motifs is 3. The van der Waals surface area contributed by atoms with Crippen LogP contribution in [-0.2, 0) is 16.2 Å². The molecule has 10 aromatic carbocycles. The maximum atomic E-state index is 2.63. The molecule has 0 nitrogen and oxygen atoms in total. The molecule has 3 unspecified atom stereocenters. The molecule has 9 aliphatic rings. The highest BCUT2D eigenvalue weighted by Gasteiger charge is 2.56. The molecule has 0 N–H and O–H groups in total. The molecule has 320 valence electrons. The summed E-state index contributed by atoms with van der Waals surface area (Å²) in [6.45, 7) is 4.92. The average molecular weight is 849 g/mol. The summed E-state index contributed by atoms with van der Waals surface area (Å²) in [4.78, 5) is 0. The number of hydrogen-bond acceptors (Lipinski definition) is 0. The molecule has 19 rings (SSSR count). The van der Waals surface area contributed by atoms with E-state index in [9.17, 15) is 0 Å². The van der Waals surface area contributed by atoms with E-state index < -0.39 is 0 Å². The van der Waals surface area contributed by atoms with Gasteiger partial charge in [-0.2, -0.15) is 0 Å². The Morgan fingerprint density at radius 1 is 0.333 bits per heavy atom. The molecule has 0 aromatic heterocycles. The van der Waals surface area contributed by atoms with Crippen LogP contribution in [0.15, 0.2) is 133 Å². The highest BCUT2D eigenvalue weighted by atomic mass is 14.6. The minimum Gasteiger partial charge on any atom is -0.0537 e. The average Bonchev–Trinajstić information content (AvgIpc) is 3.85. The molecular formula is C66H56. The zero-order valence-electron chi connectivity index (χ0n) is 38.4. The maximum absolute atomic E-state index is 2.63. The van der Waals surface area contributed by atoms with Gasteiger partial charge in [-0.05, 0) is 249 Å². The summed E-state index contributed by atoms with van der Waals surface area (Å²) < 4.78 is 0. The van der Waals surface area contributed by atoms with Crippen molar-refractivity contribution in [2.45, 2.75) is 101 Å². The van der Waals surface area contributed by atoms with Crippen LogP contribution in [0.2, 0.25) is 0 Å². The van der Waals surface area contributed by atoms with Gasteiger partial charge in [0.2, 0.25) is 0 Å². The van der Waals surface area contributed by atoms with Gasteiger partial charge in [-0.3, -0.25) is 0 Å². The fourth-order valence-corrected chi connectivity index (χ4v) is 18.5. The lowest BCUT2D eigenvalue weighted by Crippen LogP contribution is -2.48. The van der Waals surface area contributed by atoms with Gasteiger partial charge in [0.25, 0.3) is 0 Å². The van der Waals surface area contributed by atoms with Gasteiger partial charge in [0, 0.05) is 5.41 Å². The van der Waals surface area contributed by atoms with E-state index in [1.165, 1.54) is 180 Å². The first-order chi connectivity index (χ1) is 32.2. The van der Waals surface area contributed by atoms with Crippen LogP contribution in [0.4, 0.5) is 0 Å². The molecule has 8 saturated carbocycles. The molecule has 0 spiro atoms. The summed E-state index contributed by atoms with van der Waals surface area (Å²) in [6, 6.07) is 54.3. The van der Waals surface area contributed by atoms with Gasteiger partial charge >= 0.3 is 0 Å². The summed E-state index contributed by atoms with van der Waals surface area (Å²) in [5.41, 5.74) is 14.9. The monoisotopic (exact) mass is 848 g/mol. The molecule has 8 fully saturated rings. The third-order valence-electron chi connectivity index (χ3n) is 20.7. The van der Waals surface area contributed by atoms with Crippen molar-refractivity contribution < 1.29 is 0 Å². The quantitative estimate of drug-likeness (QED) is 0.155. The van der Waals surface area contributed by atoms with Crippen LogP contribution in [0.3, 0.4) is 0 Å². The Balaban J connectivity index is 0.746. The predicted octanol–water partition coefficient (Wildman–Crippen LogP) is 17.7. The normalized spacial score (nSPS) is 29.8. The third kappa shape index (κ3) is 4.58. The van der Waals surface area contributed by atoms with Crippen LogP contribution < -0.4 is 0 Å². The van der Waals surface area contributed by atoms with Crippen molar-refractivity contribution in [3.63, 3.8) is 0 Å². The van der Waals surface area contributed by atoms with E-state index in [2.05, 4.69) is 147 Å². The van der Waals surface area contributed by atoms with Crippen LogP contribution in [0.5, 0.6) is 0 Å². The van der Waals surface area contributed by atoms with Crippen LogP contribution >= 0.6 is 0 Å². The second kappa shape index (κ2) is 12.0. The Kier molecular flexibility index (Phi) is 6.65. The van der Waals surface area contributed by atoms with Gasteiger partial charge in [-0.1, -0.05) is 135 Å². The first-order valence-electron chi connectivity index (χ1n) is 26.0. The number of hydrogen-bond donors (Lipinski definition) is 0. The predicted molar refractivity (Wildman–Crippen MR) is 277 cm³/mol. The standard InChI is InChI=1S/C66H56/c1-64(2)58-28-42(52-13-7-40-3-5-44-24-50(26-46-11-17-56(52)62(40)60(44)46)65-30-36-19-37(31-65)21-38(20-36)32-65)9-15-54(58)55-16-10-43(29-59(55)64)53-14-8-41-4-6-45-25-51(27-47-12-18-57(53)63(41)61(45)47)66-33-39-22-48(34-66)49(23-39)35-66/h3-18,24-29,36-39,48-49H,19-23,30-35H2,1-2H3/t36?,37?,38?,39?,48-,49?,65?,66?/m1/s1. The van der Waals surface area contributed by atoms with Crippen molar-refractivity contribution in [2.75, 3.05) is 0 Å². The fraction of sp³-hybridized carbons (Fsp3) is 0.333. The minimum atomic E-state index is -0.132. The smallest absolute Gasteiger partial charge is 0.0159 e. The summed E-state index contributed by atoms with van der Waals surface area (Å²) in [7, 11) is 0. The highest BCUT2D eigenvalue weighted by Crippen LogP contribution is 2.66. The first kappa shape index (κ1) is 36.4. The van der Waals surface area contributed by atoms with Gasteiger partial charge < -0.3 is 0 Å². The lowest BCUT2D eigenvalue weighted by atomic mass is 9.48. The number of rotatable bonds is 4. The second-order valence-electron chi connectivity index (χ2n) is 24.5. The van der Waals surface area contributed by atoms with E-state index in [1.54, 1.807) is 11.1 Å². The van der Waals surface area contributed by atoms with Gasteiger partial charge in [-0.25, -0.2) is 0 Å². The maximum Gasteiger partial charge on any atom is 0.0159 e. The summed E-state index contributed by atoms with van der Waals surface area (Å²) in [5, 5.41) is 17.0.